The molecule has 5 heteroatoms. The molecule has 0 N–H and O–H groups in total. The summed E-state index contributed by atoms with van der Waals surface area (Å²) in [4.78, 5) is 0. The molecule has 76 valence electrons. The first-order chi connectivity index (χ1) is 6.58. The van der Waals surface area contributed by atoms with Crippen LogP contribution in [0.15, 0.2) is 15.9 Å². The predicted molar refractivity (Wildman–Crippen MR) is 63.1 cm³/mol. The number of halogens is 1. The minimum Gasteiger partial charge on any atom is -0.406 e. The standard InChI is InChI=1S/C9H12BBrO2S/c1-9(2)5-12-10(13-6-9)8-7(11)3-4-14-8/h3-4H,5-6H2,1-2H3. The van der Waals surface area contributed by atoms with Crippen molar-refractivity contribution in [1.82, 2.24) is 0 Å². The third kappa shape index (κ3) is 2.22. The fourth-order valence-corrected chi connectivity index (χ4v) is 2.87. The molecule has 14 heavy (non-hydrogen) atoms. The Labute approximate surface area is 96.9 Å². The van der Waals surface area contributed by atoms with Crippen LogP contribution >= 0.6 is 27.3 Å². The van der Waals surface area contributed by atoms with E-state index in [9.17, 15) is 0 Å². The topological polar surface area (TPSA) is 18.5 Å². The molecule has 1 saturated heterocycles. The zero-order valence-corrected chi connectivity index (χ0v) is 10.7. The van der Waals surface area contributed by atoms with Gasteiger partial charge in [0.1, 0.15) is 0 Å². The van der Waals surface area contributed by atoms with Crippen molar-refractivity contribution in [3.63, 3.8) is 0 Å². The van der Waals surface area contributed by atoms with Crippen LogP contribution in [0.2, 0.25) is 0 Å². The van der Waals surface area contributed by atoms with Crippen LogP contribution in [0.1, 0.15) is 13.8 Å². The lowest BCUT2D eigenvalue weighted by Gasteiger charge is -2.32. The Morgan fingerprint density at radius 1 is 1.43 bits per heavy atom. The molecule has 0 atom stereocenters. The van der Waals surface area contributed by atoms with Crippen molar-refractivity contribution in [1.29, 1.82) is 0 Å². The molecule has 1 aliphatic rings. The highest BCUT2D eigenvalue weighted by Gasteiger charge is 2.35. The average Bonchev–Trinajstić information content (AvgIpc) is 2.52. The summed E-state index contributed by atoms with van der Waals surface area (Å²) in [7, 11) is -0.183. The maximum Gasteiger partial charge on any atom is 0.505 e. The van der Waals surface area contributed by atoms with Crippen LogP contribution in [0.25, 0.3) is 0 Å². The van der Waals surface area contributed by atoms with Crippen molar-refractivity contribution >= 4 is 39.2 Å². The summed E-state index contributed by atoms with van der Waals surface area (Å²) in [6, 6.07) is 2.02. The van der Waals surface area contributed by atoms with E-state index < -0.39 is 0 Å². The first-order valence-electron chi connectivity index (χ1n) is 4.55. The van der Waals surface area contributed by atoms with Gasteiger partial charge in [0.15, 0.2) is 0 Å². The maximum absolute atomic E-state index is 5.68. The Bertz CT molecular complexity index is 316. The molecule has 2 heterocycles. The molecule has 2 nitrogen and oxygen atoms in total. The van der Waals surface area contributed by atoms with Gasteiger partial charge in [-0.15, -0.1) is 0 Å². The monoisotopic (exact) mass is 274 g/mol. The van der Waals surface area contributed by atoms with E-state index in [1.807, 2.05) is 11.4 Å². The fraction of sp³-hybridized carbons (Fsp3) is 0.556. The molecular weight excluding hydrogens is 263 g/mol. The quantitative estimate of drug-likeness (QED) is 0.732. The number of thiophene rings is 1. The van der Waals surface area contributed by atoms with Crippen molar-refractivity contribution in [2.45, 2.75) is 13.8 Å². The van der Waals surface area contributed by atoms with Crippen LogP contribution in [0.4, 0.5) is 0 Å². The minimum atomic E-state index is -0.183. The second-order valence-corrected chi connectivity index (χ2v) is 6.05. The van der Waals surface area contributed by atoms with E-state index in [0.29, 0.717) is 0 Å². The van der Waals surface area contributed by atoms with Crippen molar-refractivity contribution in [2.75, 3.05) is 13.2 Å². The lowest BCUT2D eigenvalue weighted by atomic mass is 9.82. The zero-order chi connectivity index (χ0) is 10.2. The number of rotatable bonds is 1. The highest BCUT2D eigenvalue weighted by molar-refractivity contribution is 9.10. The molecule has 0 aromatic carbocycles. The first-order valence-corrected chi connectivity index (χ1v) is 6.22. The van der Waals surface area contributed by atoms with E-state index in [1.165, 1.54) is 0 Å². The van der Waals surface area contributed by atoms with Crippen LogP contribution in [0.3, 0.4) is 0 Å². The lowest BCUT2D eigenvalue weighted by molar-refractivity contribution is 0.0345. The molecular formula is C9H12BBrO2S. The van der Waals surface area contributed by atoms with Crippen LogP contribution in [0.5, 0.6) is 0 Å². The van der Waals surface area contributed by atoms with Crippen LogP contribution in [0, 0.1) is 5.41 Å². The van der Waals surface area contributed by atoms with E-state index in [4.69, 9.17) is 9.31 Å². The van der Waals surface area contributed by atoms with E-state index in [1.54, 1.807) is 11.3 Å². The Kier molecular flexibility index (Phi) is 3.02. The molecule has 0 bridgehead atoms. The molecule has 1 aromatic rings. The third-order valence-corrected chi connectivity index (χ3v) is 4.00. The maximum atomic E-state index is 5.68. The summed E-state index contributed by atoms with van der Waals surface area (Å²) in [5.41, 5.74) is 0.139. The molecule has 0 saturated carbocycles. The van der Waals surface area contributed by atoms with Gasteiger partial charge in [-0.05, 0) is 11.4 Å². The molecule has 0 unspecified atom stereocenters. The summed E-state index contributed by atoms with van der Waals surface area (Å²) in [5, 5.41) is 2.03. The summed E-state index contributed by atoms with van der Waals surface area (Å²) in [6.07, 6.45) is 0. The molecule has 0 aliphatic carbocycles. The van der Waals surface area contributed by atoms with Gasteiger partial charge in [0, 0.05) is 27.9 Å². The van der Waals surface area contributed by atoms with Crippen LogP contribution < -0.4 is 4.78 Å². The van der Waals surface area contributed by atoms with E-state index >= 15 is 0 Å². The predicted octanol–water partition coefficient (Wildman–Crippen LogP) is 2.28. The Morgan fingerprint density at radius 2 is 2.07 bits per heavy atom. The Morgan fingerprint density at radius 3 is 2.57 bits per heavy atom. The van der Waals surface area contributed by atoms with Gasteiger partial charge in [-0.3, -0.25) is 0 Å². The Balaban J connectivity index is 2.06. The molecule has 1 aromatic heterocycles. The van der Waals surface area contributed by atoms with Gasteiger partial charge < -0.3 is 9.31 Å². The largest absolute Gasteiger partial charge is 0.505 e. The number of hydrogen-bond acceptors (Lipinski definition) is 3. The molecule has 0 spiro atoms. The van der Waals surface area contributed by atoms with Crippen molar-refractivity contribution in [2.24, 2.45) is 5.41 Å². The molecule has 2 rings (SSSR count). The lowest BCUT2D eigenvalue weighted by Crippen LogP contribution is -2.46. The van der Waals surface area contributed by atoms with E-state index in [2.05, 4.69) is 29.8 Å². The van der Waals surface area contributed by atoms with E-state index in [0.717, 1.165) is 22.5 Å². The highest BCUT2D eigenvalue weighted by atomic mass is 79.9. The summed E-state index contributed by atoms with van der Waals surface area (Å²) in [6.45, 7) is 5.80. The molecule has 0 amide bonds. The van der Waals surface area contributed by atoms with Gasteiger partial charge in [-0.25, -0.2) is 0 Å². The summed E-state index contributed by atoms with van der Waals surface area (Å²) < 4.78 is 13.6. The SMILES string of the molecule is CC1(C)COB(c2sccc2Br)OC1. The zero-order valence-electron chi connectivity index (χ0n) is 8.25. The van der Waals surface area contributed by atoms with Gasteiger partial charge in [-0.2, -0.15) is 11.3 Å². The van der Waals surface area contributed by atoms with Crippen molar-refractivity contribution < 1.29 is 9.31 Å². The van der Waals surface area contributed by atoms with Crippen LogP contribution in [-0.4, -0.2) is 20.3 Å². The summed E-state index contributed by atoms with van der Waals surface area (Å²) >= 11 is 5.14. The second-order valence-electron chi connectivity index (χ2n) is 4.25. The van der Waals surface area contributed by atoms with Crippen molar-refractivity contribution in [3.8, 4) is 0 Å². The smallest absolute Gasteiger partial charge is 0.406 e. The van der Waals surface area contributed by atoms with Gasteiger partial charge in [0.05, 0.1) is 0 Å². The van der Waals surface area contributed by atoms with E-state index in [-0.39, 0.29) is 12.5 Å². The Hall–Kier alpha value is 0.165. The molecule has 1 fully saturated rings. The minimum absolute atomic E-state index is 0.139. The molecule has 0 radical (unpaired) electrons. The second kappa shape index (κ2) is 3.97. The van der Waals surface area contributed by atoms with Gasteiger partial charge in [0.25, 0.3) is 0 Å². The number of hydrogen-bond donors (Lipinski definition) is 0. The van der Waals surface area contributed by atoms with Crippen molar-refractivity contribution in [3.05, 3.63) is 15.9 Å². The summed E-state index contributed by atoms with van der Waals surface area (Å²) in [5.74, 6) is 0. The first kappa shape index (κ1) is 10.7. The average molecular weight is 275 g/mol. The highest BCUT2D eigenvalue weighted by Crippen LogP contribution is 2.23. The third-order valence-electron chi connectivity index (χ3n) is 2.11. The van der Waals surface area contributed by atoms with Gasteiger partial charge in [0.2, 0.25) is 0 Å². The molecule has 1 aliphatic heterocycles. The van der Waals surface area contributed by atoms with Crippen LogP contribution in [-0.2, 0) is 9.31 Å². The fourth-order valence-electron chi connectivity index (χ4n) is 1.32. The normalized spacial score (nSPS) is 21.2. The van der Waals surface area contributed by atoms with Gasteiger partial charge in [-0.1, -0.05) is 29.8 Å². The van der Waals surface area contributed by atoms with Gasteiger partial charge >= 0.3 is 7.12 Å².